The Balaban J connectivity index is 1.49. The number of furan rings is 1. The average molecular weight is 427 g/mol. The molecule has 158 valence electrons. The van der Waals surface area contributed by atoms with E-state index in [1.165, 1.54) is 4.88 Å². The van der Waals surface area contributed by atoms with Crippen LogP contribution in [0.1, 0.15) is 50.6 Å². The van der Waals surface area contributed by atoms with Crippen molar-refractivity contribution in [3.8, 4) is 0 Å². The third kappa shape index (κ3) is 4.42. The molecule has 4 rings (SSSR count). The summed E-state index contributed by atoms with van der Waals surface area (Å²) in [6.07, 6.45) is 4.89. The lowest BCUT2D eigenvalue weighted by molar-refractivity contribution is 0.0945. The fourth-order valence-electron chi connectivity index (χ4n) is 3.80. The number of anilines is 1. The molecule has 0 aliphatic heterocycles. The molecule has 2 aromatic heterocycles. The molecule has 7 heteroatoms. The van der Waals surface area contributed by atoms with Gasteiger partial charge in [-0.05, 0) is 49.8 Å². The van der Waals surface area contributed by atoms with E-state index in [4.69, 9.17) is 9.15 Å². The molecule has 0 atom stereocenters. The van der Waals surface area contributed by atoms with E-state index in [2.05, 4.69) is 10.6 Å². The minimum absolute atomic E-state index is 0.0795. The zero-order valence-corrected chi connectivity index (χ0v) is 17.9. The van der Waals surface area contributed by atoms with Gasteiger partial charge in [-0.2, -0.15) is 0 Å². The van der Waals surface area contributed by atoms with Crippen LogP contribution in [0.4, 0.5) is 5.00 Å². The lowest BCUT2D eigenvalue weighted by atomic mass is 9.95. The van der Waals surface area contributed by atoms with E-state index in [0.29, 0.717) is 30.1 Å². The van der Waals surface area contributed by atoms with Crippen molar-refractivity contribution in [3.05, 3.63) is 52.1 Å². The predicted octanol–water partition coefficient (Wildman–Crippen LogP) is 4.43. The molecule has 0 radical (unpaired) electrons. The number of Topliss-reactive ketones (excluding diaryl/α,β-unsaturated/α-hetero) is 1. The molecular weight excluding hydrogens is 400 g/mol. The number of amides is 1. The molecule has 0 bridgehead atoms. The second-order valence-electron chi connectivity index (χ2n) is 7.44. The number of ketones is 1. The highest BCUT2D eigenvalue weighted by Crippen LogP contribution is 2.38. The van der Waals surface area contributed by atoms with Crippen molar-refractivity contribution in [2.24, 2.45) is 0 Å². The topological polar surface area (TPSA) is 80.6 Å². The quantitative estimate of drug-likeness (QED) is 0.391. The SMILES string of the molecule is COCCCNC(=O)c1c(NCC(=O)c2cc3ccccc3o2)sc2c1CCCC2. The fraction of sp³-hybridized carbons (Fsp3) is 0.391. The van der Waals surface area contributed by atoms with Crippen LogP contribution < -0.4 is 10.6 Å². The Hall–Kier alpha value is -2.64. The van der Waals surface area contributed by atoms with Crippen LogP contribution in [0.25, 0.3) is 11.0 Å². The zero-order valence-electron chi connectivity index (χ0n) is 17.1. The second-order valence-corrected chi connectivity index (χ2v) is 8.55. The maximum atomic E-state index is 12.9. The highest BCUT2D eigenvalue weighted by Gasteiger charge is 2.25. The molecule has 0 saturated heterocycles. The summed E-state index contributed by atoms with van der Waals surface area (Å²) in [5.74, 6) is 0.115. The summed E-state index contributed by atoms with van der Waals surface area (Å²) in [5, 5.41) is 7.89. The maximum Gasteiger partial charge on any atom is 0.254 e. The van der Waals surface area contributed by atoms with E-state index in [9.17, 15) is 9.59 Å². The van der Waals surface area contributed by atoms with E-state index in [0.717, 1.165) is 48.1 Å². The van der Waals surface area contributed by atoms with Gasteiger partial charge in [-0.15, -0.1) is 11.3 Å². The summed E-state index contributed by atoms with van der Waals surface area (Å²) in [6.45, 7) is 1.26. The van der Waals surface area contributed by atoms with Crippen LogP contribution in [0.15, 0.2) is 34.7 Å². The first-order chi connectivity index (χ1) is 14.7. The molecular formula is C23H26N2O4S. The van der Waals surface area contributed by atoms with Crippen molar-refractivity contribution in [1.29, 1.82) is 0 Å². The fourth-order valence-corrected chi connectivity index (χ4v) is 5.09. The highest BCUT2D eigenvalue weighted by atomic mass is 32.1. The van der Waals surface area contributed by atoms with Gasteiger partial charge in [0.15, 0.2) is 5.76 Å². The Bertz CT molecular complexity index is 1020. The van der Waals surface area contributed by atoms with E-state index >= 15 is 0 Å². The maximum absolute atomic E-state index is 12.9. The largest absolute Gasteiger partial charge is 0.453 e. The standard InChI is InChI=1S/C23H26N2O4S/c1-28-12-6-11-24-22(27)21-16-8-3-5-10-20(16)30-23(21)25-14-17(26)19-13-15-7-2-4-9-18(15)29-19/h2,4,7,9,13,25H,3,5-6,8,10-12,14H2,1H3,(H,24,27). The number of hydrogen-bond donors (Lipinski definition) is 2. The Kier molecular flexibility index (Phi) is 6.50. The van der Waals surface area contributed by atoms with Crippen molar-refractivity contribution in [1.82, 2.24) is 5.32 Å². The van der Waals surface area contributed by atoms with E-state index < -0.39 is 0 Å². The van der Waals surface area contributed by atoms with E-state index in [-0.39, 0.29) is 18.2 Å². The van der Waals surface area contributed by atoms with Crippen molar-refractivity contribution in [3.63, 3.8) is 0 Å². The van der Waals surface area contributed by atoms with Crippen molar-refractivity contribution < 1.29 is 18.7 Å². The lowest BCUT2D eigenvalue weighted by Gasteiger charge is -2.13. The number of aryl methyl sites for hydroxylation is 1. The predicted molar refractivity (Wildman–Crippen MR) is 119 cm³/mol. The van der Waals surface area contributed by atoms with Gasteiger partial charge in [-0.25, -0.2) is 0 Å². The third-order valence-corrected chi connectivity index (χ3v) is 6.57. The summed E-state index contributed by atoms with van der Waals surface area (Å²) < 4.78 is 10.7. The van der Waals surface area contributed by atoms with Crippen molar-refractivity contribution in [2.75, 3.05) is 32.1 Å². The van der Waals surface area contributed by atoms with Gasteiger partial charge in [0.1, 0.15) is 10.6 Å². The number of ether oxygens (including phenoxy) is 1. The molecule has 1 aliphatic rings. The Morgan fingerprint density at radius 2 is 2.03 bits per heavy atom. The van der Waals surface area contributed by atoms with Crippen molar-refractivity contribution >= 4 is 39.0 Å². The Morgan fingerprint density at radius 1 is 1.20 bits per heavy atom. The van der Waals surface area contributed by atoms with Crippen LogP contribution in [0.2, 0.25) is 0 Å². The van der Waals surface area contributed by atoms with Gasteiger partial charge >= 0.3 is 0 Å². The van der Waals surface area contributed by atoms with Crippen LogP contribution in [-0.4, -0.2) is 38.5 Å². The van der Waals surface area contributed by atoms with Gasteiger partial charge in [-0.1, -0.05) is 18.2 Å². The summed E-state index contributed by atoms with van der Waals surface area (Å²) in [5.41, 5.74) is 2.53. The molecule has 1 aromatic carbocycles. The second kappa shape index (κ2) is 9.45. The smallest absolute Gasteiger partial charge is 0.254 e. The van der Waals surface area contributed by atoms with Crippen LogP contribution in [0.5, 0.6) is 0 Å². The van der Waals surface area contributed by atoms with Gasteiger partial charge in [0.2, 0.25) is 5.78 Å². The van der Waals surface area contributed by atoms with Crippen LogP contribution >= 0.6 is 11.3 Å². The Morgan fingerprint density at radius 3 is 2.87 bits per heavy atom. The molecule has 0 fully saturated rings. The number of carbonyl (C=O) groups is 2. The molecule has 3 aromatic rings. The molecule has 2 heterocycles. The van der Waals surface area contributed by atoms with Gasteiger partial charge in [0, 0.05) is 30.5 Å². The highest BCUT2D eigenvalue weighted by molar-refractivity contribution is 7.16. The normalized spacial score (nSPS) is 13.2. The minimum Gasteiger partial charge on any atom is -0.453 e. The molecule has 1 amide bonds. The summed E-state index contributed by atoms with van der Waals surface area (Å²) >= 11 is 1.60. The minimum atomic E-state index is -0.135. The van der Waals surface area contributed by atoms with Crippen LogP contribution in [0, 0.1) is 0 Å². The monoisotopic (exact) mass is 426 g/mol. The first-order valence-electron chi connectivity index (χ1n) is 10.3. The molecule has 2 N–H and O–H groups in total. The molecule has 0 spiro atoms. The van der Waals surface area contributed by atoms with Gasteiger partial charge in [0.05, 0.1) is 12.1 Å². The van der Waals surface area contributed by atoms with Crippen LogP contribution in [-0.2, 0) is 17.6 Å². The first kappa shape index (κ1) is 20.6. The molecule has 30 heavy (non-hydrogen) atoms. The number of nitrogens with one attached hydrogen (secondary N) is 2. The number of thiophene rings is 1. The van der Waals surface area contributed by atoms with Crippen LogP contribution in [0.3, 0.4) is 0 Å². The Labute approximate surface area is 179 Å². The summed E-state index contributed by atoms with van der Waals surface area (Å²) in [4.78, 5) is 26.8. The van der Waals surface area contributed by atoms with Gasteiger partial charge in [0.25, 0.3) is 5.91 Å². The molecule has 1 aliphatic carbocycles. The number of carbonyl (C=O) groups excluding carboxylic acids is 2. The molecule has 0 saturated carbocycles. The lowest BCUT2D eigenvalue weighted by Crippen LogP contribution is -2.27. The van der Waals surface area contributed by atoms with E-state index in [1.807, 2.05) is 24.3 Å². The van der Waals surface area contributed by atoms with Gasteiger partial charge in [-0.3, -0.25) is 9.59 Å². The number of fused-ring (bicyclic) bond motifs is 2. The number of para-hydroxylation sites is 1. The van der Waals surface area contributed by atoms with E-state index in [1.54, 1.807) is 24.5 Å². The number of benzene rings is 1. The summed E-state index contributed by atoms with van der Waals surface area (Å²) in [6, 6.07) is 9.33. The number of methoxy groups -OCH3 is 1. The van der Waals surface area contributed by atoms with Crippen molar-refractivity contribution in [2.45, 2.75) is 32.1 Å². The molecule has 6 nitrogen and oxygen atoms in total. The number of hydrogen-bond acceptors (Lipinski definition) is 6. The average Bonchev–Trinajstić information content (AvgIpc) is 3.36. The van der Waals surface area contributed by atoms with Gasteiger partial charge < -0.3 is 19.8 Å². The number of rotatable bonds is 9. The third-order valence-electron chi connectivity index (χ3n) is 5.32. The molecule has 0 unspecified atom stereocenters. The summed E-state index contributed by atoms with van der Waals surface area (Å²) in [7, 11) is 1.65. The first-order valence-corrected chi connectivity index (χ1v) is 11.2. The zero-order chi connectivity index (χ0) is 20.9.